The monoisotopic (exact) mass is 518 g/mol. The number of amides is 2. The summed E-state index contributed by atoms with van der Waals surface area (Å²) < 4.78 is 23.3. The predicted octanol–water partition coefficient (Wildman–Crippen LogP) is 4.65. The summed E-state index contributed by atoms with van der Waals surface area (Å²) in [5.74, 6) is 3.01. The predicted molar refractivity (Wildman–Crippen MR) is 144 cm³/mol. The fourth-order valence-electron chi connectivity index (χ4n) is 4.41. The minimum atomic E-state index is -0.0643. The third kappa shape index (κ3) is 7.09. The summed E-state index contributed by atoms with van der Waals surface area (Å²) >= 11 is 0. The van der Waals surface area contributed by atoms with Crippen LogP contribution >= 0.6 is 0 Å². The summed E-state index contributed by atoms with van der Waals surface area (Å²) in [6.07, 6.45) is 8.24. The smallest absolute Gasteiger partial charge is 0.220 e. The van der Waals surface area contributed by atoms with E-state index >= 15 is 0 Å². The van der Waals surface area contributed by atoms with Crippen LogP contribution in [0.15, 0.2) is 52.7 Å². The third-order valence-corrected chi connectivity index (χ3v) is 6.66. The van der Waals surface area contributed by atoms with E-state index in [2.05, 4.69) is 10.6 Å². The van der Waals surface area contributed by atoms with Gasteiger partial charge in [-0.2, -0.15) is 0 Å². The van der Waals surface area contributed by atoms with Crippen LogP contribution in [0, 0.1) is 5.92 Å². The molecule has 2 aromatic carbocycles. The van der Waals surface area contributed by atoms with Crippen LogP contribution in [0.2, 0.25) is 0 Å². The zero-order valence-electron chi connectivity index (χ0n) is 21.7. The summed E-state index contributed by atoms with van der Waals surface area (Å²) in [6, 6.07) is 11.6. The Bertz CT molecular complexity index is 1320. The lowest BCUT2D eigenvalue weighted by Crippen LogP contribution is -2.25. The molecule has 0 unspecified atom stereocenters. The number of benzene rings is 2. The van der Waals surface area contributed by atoms with E-state index in [1.807, 2.05) is 42.5 Å². The molecule has 5 rings (SSSR count). The first-order chi connectivity index (χ1) is 18.5. The van der Waals surface area contributed by atoms with E-state index in [0.717, 1.165) is 57.8 Å². The van der Waals surface area contributed by atoms with Gasteiger partial charge in [0.1, 0.15) is 29.4 Å². The maximum absolute atomic E-state index is 11.9. The average molecular weight is 519 g/mol. The van der Waals surface area contributed by atoms with Crippen LogP contribution in [-0.2, 0) is 16.0 Å². The zero-order valence-corrected chi connectivity index (χ0v) is 21.7. The maximum Gasteiger partial charge on any atom is 0.220 e. The van der Waals surface area contributed by atoms with Gasteiger partial charge >= 0.3 is 0 Å². The number of nitrogens with one attached hydrogen (secondary N) is 2. The lowest BCUT2D eigenvalue weighted by atomic mass is 10.1. The second kappa shape index (κ2) is 12.1. The molecular weight excluding hydrogens is 484 g/mol. The molecule has 0 atom stereocenters. The maximum atomic E-state index is 11.9. The van der Waals surface area contributed by atoms with Gasteiger partial charge in [-0.3, -0.25) is 9.59 Å². The van der Waals surface area contributed by atoms with Crippen molar-refractivity contribution in [2.75, 3.05) is 32.9 Å². The Hall–Kier alpha value is -3.94. The average Bonchev–Trinajstić information content (AvgIpc) is 3.64. The summed E-state index contributed by atoms with van der Waals surface area (Å²) in [6.45, 7) is 4.08. The van der Waals surface area contributed by atoms with Gasteiger partial charge in [-0.25, -0.2) is 0 Å². The van der Waals surface area contributed by atoms with E-state index in [1.165, 1.54) is 19.8 Å². The van der Waals surface area contributed by atoms with Gasteiger partial charge in [-0.15, -0.1) is 0 Å². The fourth-order valence-corrected chi connectivity index (χ4v) is 4.41. The Labute approximate surface area is 222 Å². The van der Waals surface area contributed by atoms with Crippen molar-refractivity contribution in [2.24, 2.45) is 5.92 Å². The number of carbonyl (C=O) groups excluding carboxylic acids is 2. The minimum absolute atomic E-state index is 0.0643. The van der Waals surface area contributed by atoms with E-state index in [-0.39, 0.29) is 11.8 Å². The molecule has 1 aliphatic heterocycles. The molecule has 1 aromatic heterocycles. The molecule has 2 heterocycles. The molecule has 1 fully saturated rings. The van der Waals surface area contributed by atoms with Crippen molar-refractivity contribution in [3.8, 4) is 17.2 Å². The Kier molecular flexibility index (Phi) is 8.16. The highest BCUT2D eigenvalue weighted by atomic mass is 16.5. The summed E-state index contributed by atoms with van der Waals surface area (Å²) in [5, 5.41) is 6.82. The number of carbonyl (C=O) groups is 2. The molecule has 2 amide bonds. The Morgan fingerprint density at radius 1 is 1.03 bits per heavy atom. The molecule has 0 spiro atoms. The number of hydrogen-bond donors (Lipinski definition) is 2. The van der Waals surface area contributed by atoms with Crippen LogP contribution in [0.3, 0.4) is 0 Å². The van der Waals surface area contributed by atoms with Gasteiger partial charge in [0, 0.05) is 49.4 Å². The lowest BCUT2D eigenvalue weighted by molar-refractivity contribution is -0.121. The molecule has 0 radical (unpaired) electrons. The van der Waals surface area contributed by atoms with Gasteiger partial charge in [-0.1, -0.05) is 0 Å². The minimum Gasteiger partial charge on any atom is -0.493 e. The first-order valence-electron chi connectivity index (χ1n) is 13.3. The van der Waals surface area contributed by atoms with Crippen molar-refractivity contribution in [1.29, 1.82) is 0 Å². The molecule has 38 heavy (non-hydrogen) atoms. The molecule has 1 saturated carbocycles. The fraction of sp³-hybridized carbons (Fsp3) is 0.400. The van der Waals surface area contributed by atoms with E-state index < -0.39 is 0 Å². The van der Waals surface area contributed by atoms with Crippen LogP contribution in [0.25, 0.3) is 17.0 Å². The van der Waals surface area contributed by atoms with E-state index in [0.29, 0.717) is 45.2 Å². The van der Waals surface area contributed by atoms with E-state index in [4.69, 9.17) is 18.6 Å². The normalized spacial score (nSPS) is 14.3. The second-order valence-electron chi connectivity index (χ2n) is 9.92. The number of ether oxygens (including phenoxy) is 3. The van der Waals surface area contributed by atoms with Crippen LogP contribution in [0.1, 0.15) is 43.7 Å². The van der Waals surface area contributed by atoms with Gasteiger partial charge in [0.05, 0.1) is 19.5 Å². The van der Waals surface area contributed by atoms with Crippen molar-refractivity contribution >= 4 is 28.9 Å². The van der Waals surface area contributed by atoms with E-state index in [9.17, 15) is 9.59 Å². The van der Waals surface area contributed by atoms with Crippen molar-refractivity contribution < 1.29 is 28.2 Å². The highest BCUT2D eigenvalue weighted by Crippen LogP contribution is 2.32. The number of furan rings is 1. The molecule has 8 heteroatoms. The van der Waals surface area contributed by atoms with E-state index in [1.54, 1.807) is 6.26 Å². The highest BCUT2D eigenvalue weighted by Gasteiger charge is 2.24. The van der Waals surface area contributed by atoms with Crippen LogP contribution < -0.4 is 24.8 Å². The molecule has 0 saturated heterocycles. The largest absolute Gasteiger partial charge is 0.493 e. The molecule has 2 aliphatic rings. The molecule has 200 valence electrons. The number of hydrogen-bond acceptors (Lipinski definition) is 6. The molecule has 3 aromatic rings. The van der Waals surface area contributed by atoms with Gasteiger partial charge in [0.15, 0.2) is 0 Å². The zero-order chi connectivity index (χ0) is 26.3. The molecular formula is C30H34N2O6. The van der Waals surface area contributed by atoms with Crippen LogP contribution in [0.5, 0.6) is 17.2 Å². The Morgan fingerprint density at radius 2 is 1.82 bits per heavy atom. The SMILES string of the molecule is CC(=O)NCC1=Cc2cc(OCCCOc3ccc4occ(CCNC(=O)CC5CC5)c4c3)ccc2OC1. The number of fused-ring (bicyclic) bond motifs is 2. The molecule has 8 nitrogen and oxygen atoms in total. The van der Waals surface area contributed by atoms with Crippen molar-refractivity contribution in [2.45, 2.75) is 39.0 Å². The van der Waals surface area contributed by atoms with Crippen molar-refractivity contribution in [3.63, 3.8) is 0 Å². The van der Waals surface area contributed by atoms with Crippen LogP contribution in [-0.4, -0.2) is 44.7 Å². The topological polar surface area (TPSA) is 99.0 Å². The van der Waals surface area contributed by atoms with Gasteiger partial charge in [0.25, 0.3) is 0 Å². The molecule has 2 N–H and O–H groups in total. The van der Waals surface area contributed by atoms with Crippen LogP contribution in [0.4, 0.5) is 0 Å². The quantitative estimate of drug-likeness (QED) is 0.320. The van der Waals surface area contributed by atoms with Gasteiger partial charge in [-0.05, 0) is 73.2 Å². The van der Waals surface area contributed by atoms with Crippen molar-refractivity contribution in [1.82, 2.24) is 10.6 Å². The van der Waals surface area contributed by atoms with Gasteiger partial charge < -0.3 is 29.3 Å². The second-order valence-corrected chi connectivity index (χ2v) is 9.92. The third-order valence-electron chi connectivity index (χ3n) is 6.66. The Morgan fingerprint density at radius 3 is 2.61 bits per heavy atom. The molecule has 1 aliphatic carbocycles. The molecule has 0 bridgehead atoms. The number of rotatable bonds is 13. The summed E-state index contributed by atoms with van der Waals surface area (Å²) in [4.78, 5) is 23.1. The summed E-state index contributed by atoms with van der Waals surface area (Å²) in [7, 11) is 0. The first kappa shape index (κ1) is 25.7. The first-order valence-corrected chi connectivity index (χ1v) is 13.3. The standard InChI is InChI=1S/C30H34N2O6/c1-20(33)32-17-22-13-24-15-25(5-7-28(24)37-18-22)35-11-2-12-36-26-6-8-29-27(16-26)23(19-38-29)9-10-31-30(34)14-21-3-4-21/h5-8,13,15-16,19,21H,2-4,9-12,14,17-18H2,1H3,(H,31,34)(H,32,33). The summed E-state index contributed by atoms with van der Waals surface area (Å²) in [5.41, 5.74) is 3.82. The lowest BCUT2D eigenvalue weighted by Gasteiger charge is -2.19. The Balaban J connectivity index is 1.07. The highest BCUT2D eigenvalue weighted by molar-refractivity contribution is 5.83. The van der Waals surface area contributed by atoms with Gasteiger partial charge in [0.2, 0.25) is 11.8 Å². The van der Waals surface area contributed by atoms with Crippen molar-refractivity contribution in [3.05, 3.63) is 59.4 Å².